The Labute approximate surface area is 169 Å². The maximum absolute atomic E-state index is 12.2. The van der Waals surface area contributed by atoms with Crippen LogP contribution in [0.15, 0.2) is 58.1 Å². The molecule has 1 aliphatic heterocycles. The van der Waals surface area contributed by atoms with Crippen molar-refractivity contribution >= 4 is 39.3 Å². The lowest BCUT2D eigenvalue weighted by Crippen LogP contribution is -2.44. The van der Waals surface area contributed by atoms with Crippen molar-refractivity contribution in [2.75, 3.05) is 11.4 Å². The number of nitrogens with zero attached hydrogens (tertiary/aromatic N) is 2. The smallest absolute Gasteiger partial charge is 0.271 e. The number of nitrogens with one attached hydrogen (secondary N) is 1. The Morgan fingerprint density at radius 3 is 2.74 bits per heavy atom. The van der Waals surface area contributed by atoms with E-state index < -0.39 is 0 Å². The van der Waals surface area contributed by atoms with E-state index in [1.807, 2.05) is 18.2 Å². The Kier molecular flexibility index (Phi) is 5.51. The van der Waals surface area contributed by atoms with E-state index in [0.29, 0.717) is 5.56 Å². The number of carbonyl (C=O) groups is 1. The summed E-state index contributed by atoms with van der Waals surface area (Å²) in [6.45, 7) is 9.72. The first-order chi connectivity index (χ1) is 12.8. The molecule has 0 atom stereocenters. The lowest BCUT2D eigenvalue weighted by molar-refractivity contribution is 0.0955. The van der Waals surface area contributed by atoms with Crippen LogP contribution in [0.5, 0.6) is 0 Å². The highest BCUT2D eigenvalue weighted by atomic mass is 79.9. The molecule has 27 heavy (non-hydrogen) atoms. The number of hydrogen-bond donors (Lipinski definition) is 1. The SMILES string of the molecule is CCN1c2ccc(/C=N/NC(=O)c3cccc(Br)c3)cc2C(C)=CC1(C)C. The molecule has 1 amide bonds. The molecule has 2 aromatic rings. The van der Waals surface area contributed by atoms with Crippen molar-refractivity contribution in [2.45, 2.75) is 33.2 Å². The van der Waals surface area contributed by atoms with Gasteiger partial charge in [0.1, 0.15) is 0 Å². The Bertz CT molecular complexity index is 931. The third-order valence-electron chi connectivity index (χ3n) is 4.78. The normalized spacial score (nSPS) is 15.4. The molecule has 0 fully saturated rings. The Hall–Kier alpha value is -2.40. The largest absolute Gasteiger partial charge is 0.363 e. The van der Waals surface area contributed by atoms with Crippen molar-refractivity contribution < 1.29 is 4.79 Å². The zero-order valence-electron chi connectivity index (χ0n) is 16.1. The van der Waals surface area contributed by atoms with E-state index in [4.69, 9.17) is 0 Å². The van der Waals surface area contributed by atoms with E-state index in [1.54, 1.807) is 18.3 Å². The number of fused-ring (bicyclic) bond motifs is 1. The second-order valence-corrected chi connectivity index (χ2v) is 8.13. The molecule has 0 unspecified atom stereocenters. The summed E-state index contributed by atoms with van der Waals surface area (Å²) in [5.41, 5.74) is 7.79. The van der Waals surface area contributed by atoms with Crippen LogP contribution in [0, 0.1) is 0 Å². The third kappa shape index (κ3) is 4.14. The summed E-state index contributed by atoms with van der Waals surface area (Å²) >= 11 is 3.37. The number of rotatable bonds is 4. The highest BCUT2D eigenvalue weighted by Crippen LogP contribution is 2.38. The quantitative estimate of drug-likeness (QED) is 0.537. The molecule has 3 rings (SSSR count). The second kappa shape index (κ2) is 7.69. The number of benzene rings is 2. The number of likely N-dealkylation sites (N-methyl/N-ethyl adjacent to an activating group) is 1. The fourth-order valence-corrected chi connectivity index (χ4v) is 4.02. The van der Waals surface area contributed by atoms with Crippen LogP contribution < -0.4 is 10.3 Å². The van der Waals surface area contributed by atoms with Gasteiger partial charge in [-0.1, -0.05) is 34.1 Å². The minimum atomic E-state index is -0.236. The maximum atomic E-state index is 12.2. The van der Waals surface area contributed by atoms with Crippen LogP contribution in [0.4, 0.5) is 5.69 Å². The minimum absolute atomic E-state index is 0.000624. The van der Waals surface area contributed by atoms with E-state index in [0.717, 1.165) is 16.6 Å². The van der Waals surface area contributed by atoms with E-state index in [2.05, 4.69) is 77.3 Å². The lowest BCUT2D eigenvalue weighted by atomic mass is 9.88. The summed E-state index contributed by atoms with van der Waals surface area (Å²) in [6, 6.07) is 13.5. The maximum Gasteiger partial charge on any atom is 0.271 e. The molecule has 0 saturated heterocycles. The molecule has 0 saturated carbocycles. The van der Waals surface area contributed by atoms with Crippen LogP contribution in [-0.4, -0.2) is 24.2 Å². The van der Waals surface area contributed by atoms with Gasteiger partial charge in [0.15, 0.2) is 0 Å². The zero-order valence-corrected chi connectivity index (χ0v) is 17.7. The number of hydrazone groups is 1. The van der Waals surface area contributed by atoms with Gasteiger partial charge in [-0.3, -0.25) is 4.79 Å². The average molecular weight is 426 g/mol. The number of amides is 1. The van der Waals surface area contributed by atoms with Crippen LogP contribution in [0.3, 0.4) is 0 Å². The Morgan fingerprint density at radius 2 is 2.04 bits per heavy atom. The highest BCUT2D eigenvalue weighted by Gasteiger charge is 2.29. The van der Waals surface area contributed by atoms with Crippen LogP contribution in [0.1, 0.15) is 49.2 Å². The molecule has 140 valence electrons. The first-order valence-electron chi connectivity index (χ1n) is 9.02. The standard InChI is InChI=1S/C22H24BrN3O/c1-5-26-20-10-9-16(11-19(20)15(2)13-22(26,3)4)14-24-25-21(27)17-7-6-8-18(23)12-17/h6-14H,5H2,1-4H3,(H,25,27)/b24-14+. The molecule has 4 nitrogen and oxygen atoms in total. The number of carbonyl (C=O) groups excluding carboxylic acids is 1. The van der Waals surface area contributed by atoms with Gasteiger partial charge in [0, 0.05) is 27.8 Å². The number of anilines is 1. The van der Waals surface area contributed by atoms with Gasteiger partial charge >= 0.3 is 0 Å². The molecule has 0 radical (unpaired) electrons. The van der Waals surface area contributed by atoms with Gasteiger partial charge < -0.3 is 4.90 Å². The molecule has 0 bridgehead atoms. The summed E-state index contributed by atoms with van der Waals surface area (Å²) in [5, 5.41) is 4.12. The predicted octanol–water partition coefficient (Wildman–Crippen LogP) is 5.23. The minimum Gasteiger partial charge on any atom is -0.363 e. The molecular formula is C22H24BrN3O. The predicted molar refractivity (Wildman–Crippen MR) is 116 cm³/mol. The zero-order chi connectivity index (χ0) is 19.6. The van der Waals surface area contributed by atoms with Gasteiger partial charge in [0.25, 0.3) is 5.91 Å². The van der Waals surface area contributed by atoms with Gasteiger partial charge in [0.05, 0.1) is 11.8 Å². The first-order valence-corrected chi connectivity index (χ1v) is 9.81. The summed E-state index contributed by atoms with van der Waals surface area (Å²) in [4.78, 5) is 14.6. The van der Waals surface area contributed by atoms with Crippen molar-refractivity contribution in [3.05, 3.63) is 69.7 Å². The topological polar surface area (TPSA) is 44.7 Å². The highest BCUT2D eigenvalue weighted by molar-refractivity contribution is 9.10. The van der Waals surface area contributed by atoms with E-state index >= 15 is 0 Å². The molecule has 1 N–H and O–H groups in total. The van der Waals surface area contributed by atoms with Crippen LogP contribution in [-0.2, 0) is 0 Å². The molecular weight excluding hydrogens is 402 g/mol. The van der Waals surface area contributed by atoms with Gasteiger partial charge in [-0.15, -0.1) is 0 Å². The van der Waals surface area contributed by atoms with Crippen molar-refractivity contribution in [1.82, 2.24) is 5.43 Å². The van der Waals surface area contributed by atoms with E-state index in [-0.39, 0.29) is 11.4 Å². The van der Waals surface area contributed by atoms with Gasteiger partial charge in [-0.25, -0.2) is 5.43 Å². The van der Waals surface area contributed by atoms with E-state index in [9.17, 15) is 4.79 Å². The molecule has 2 aromatic carbocycles. The molecule has 1 aliphatic rings. The van der Waals surface area contributed by atoms with Crippen molar-refractivity contribution in [2.24, 2.45) is 5.10 Å². The van der Waals surface area contributed by atoms with Crippen LogP contribution >= 0.6 is 15.9 Å². The third-order valence-corrected chi connectivity index (χ3v) is 5.28. The lowest BCUT2D eigenvalue weighted by Gasteiger charge is -2.42. The van der Waals surface area contributed by atoms with Gasteiger partial charge in [-0.05, 0) is 69.2 Å². The fourth-order valence-electron chi connectivity index (χ4n) is 3.62. The van der Waals surface area contributed by atoms with Crippen LogP contribution in [0.25, 0.3) is 5.57 Å². The Balaban J connectivity index is 1.79. The van der Waals surface area contributed by atoms with E-state index in [1.165, 1.54) is 16.8 Å². The van der Waals surface area contributed by atoms with Crippen molar-refractivity contribution in [3.8, 4) is 0 Å². The fraction of sp³-hybridized carbons (Fsp3) is 0.273. The van der Waals surface area contributed by atoms with Gasteiger partial charge in [-0.2, -0.15) is 5.10 Å². The molecule has 0 spiro atoms. The summed E-state index contributed by atoms with van der Waals surface area (Å²) < 4.78 is 0.861. The number of hydrogen-bond acceptors (Lipinski definition) is 3. The monoisotopic (exact) mass is 425 g/mol. The summed E-state index contributed by atoms with van der Waals surface area (Å²) in [5.74, 6) is -0.236. The van der Waals surface area contributed by atoms with Gasteiger partial charge in [0.2, 0.25) is 0 Å². The molecule has 0 aliphatic carbocycles. The Morgan fingerprint density at radius 1 is 1.26 bits per heavy atom. The van der Waals surface area contributed by atoms with Crippen LogP contribution in [0.2, 0.25) is 0 Å². The number of halogens is 1. The summed E-state index contributed by atoms with van der Waals surface area (Å²) in [7, 11) is 0. The summed E-state index contributed by atoms with van der Waals surface area (Å²) in [6.07, 6.45) is 3.98. The molecule has 0 aromatic heterocycles. The first kappa shape index (κ1) is 19.4. The van der Waals surface area contributed by atoms with Crippen molar-refractivity contribution in [1.29, 1.82) is 0 Å². The molecule has 1 heterocycles. The second-order valence-electron chi connectivity index (χ2n) is 7.21. The average Bonchev–Trinajstić information content (AvgIpc) is 2.61. The molecule has 5 heteroatoms. The number of allylic oxidation sites excluding steroid dienone is 1. The van der Waals surface area contributed by atoms with Crippen molar-refractivity contribution in [3.63, 3.8) is 0 Å².